The van der Waals surface area contributed by atoms with Crippen molar-refractivity contribution in [2.45, 2.75) is 40.0 Å². The largest absolute Gasteiger partial charge is 0.361 e. The van der Waals surface area contributed by atoms with Crippen LogP contribution in [-0.2, 0) is 5.41 Å². The van der Waals surface area contributed by atoms with E-state index in [4.69, 9.17) is 0 Å². The highest BCUT2D eigenvalue weighted by molar-refractivity contribution is 5.95. The summed E-state index contributed by atoms with van der Waals surface area (Å²) >= 11 is 0. The highest BCUT2D eigenvalue weighted by Crippen LogP contribution is 2.23. The van der Waals surface area contributed by atoms with Gasteiger partial charge in [-0.25, -0.2) is 0 Å². The van der Waals surface area contributed by atoms with Gasteiger partial charge in [-0.2, -0.15) is 0 Å². The van der Waals surface area contributed by atoms with Gasteiger partial charge in [-0.1, -0.05) is 20.8 Å². The molecule has 0 aromatic carbocycles. The third kappa shape index (κ3) is 2.00. The Bertz CT molecular complexity index is 328. The Balaban J connectivity index is 3.17. The number of rotatable bonds is 1. The highest BCUT2D eigenvalue weighted by Gasteiger charge is 2.18. The molecule has 1 heterocycles. The molecule has 0 amide bonds. The van der Waals surface area contributed by atoms with E-state index in [0.29, 0.717) is 0 Å². The molecular weight excluding hydrogens is 162 g/mol. The maximum Gasteiger partial charge on any atom is 0.161 e. The van der Waals surface area contributed by atoms with Crippen molar-refractivity contribution in [2.75, 3.05) is 0 Å². The molecule has 0 unspecified atom stereocenters. The first-order valence-electron chi connectivity index (χ1n) is 4.53. The van der Waals surface area contributed by atoms with Crippen LogP contribution in [0.1, 0.15) is 49.4 Å². The minimum Gasteiger partial charge on any atom is -0.361 e. The van der Waals surface area contributed by atoms with E-state index in [9.17, 15) is 4.79 Å². The number of aromatic amines is 1. The summed E-state index contributed by atoms with van der Waals surface area (Å²) in [5.41, 5.74) is 2.98. The normalized spacial score (nSPS) is 11.8. The quantitative estimate of drug-likeness (QED) is 0.661. The monoisotopic (exact) mass is 179 g/mol. The molecule has 13 heavy (non-hydrogen) atoms. The van der Waals surface area contributed by atoms with Gasteiger partial charge in [0.2, 0.25) is 0 Å². The van der Waals surface area contributed by atoms with Crippen LogP contribution in [0.5, 0.6) is 0 Å². The minimum absolute atomic E-state index is 0.0818. The van der Waals surface area contributed by atoms with Gasteiger partial charge in [-0.3, -0.25) is 4.79 Å². The third-order valence-electron chi connectivity index (χ3n) is 2.20. The van der Waals surface area contributed by atoms with E-state index >= 15 is 0 Å². The molecule has 0 aliphatic rings. The predicted molar refractivity (Wildman–Crippen MR) is 54.2 cm³/mol. The summed E-state index contributed by atoms with van der Waals surface area (Å²) < 4.78 is 0. The molecular formula is C11H17NO. The fraction of sp³-hybridized carbons (Fsp3) is 0.545. The van der Waals surface area contributed by atoms with E-state index in [1.54, 1.807) is 6.92 Å². The van der Waals surface area contributed by atoms with E-state index < -0.39 is 0 Å². The lowest BCUT2D eigenvalue weighted by Gasteiger charge is -2.15. The molecule has 1 aromatic heterocycles. The number of ketones is 1. The standard InChI is InChI=1S/C11H17NO/c1-7-9(8(2)13)6-10(12-7)11(3,4)5/h6,12H,1-5H3. The second-order valence-electron chi connectivity index (χ2n) is 4.53. The van der Waals surface area contributed by atoms with Crippen LogP contribution in [0.4, 0.5) is 0 Å². The summed E-state index contributed by atoms with van der Waals surface area (Å²) in [6.45, 7) is 9.92. The summed E-state index contributed by atoms with van der Waals surface area (Å²) in [4.78, 5) is 14.4. The molecule has 0 spiro atoms. The molecule has 1 aromatic rings. The summed E-state index contributed by atoms with van der Waals surface area (Å²) in [5.74, 6) is 0.129. The molecule has 0 saturated carbocycles. The van der Waals surface area contributed by atoms with Crippen molar-refractivity contribution in [3.8, 4) is 0 Å². The zero-order chi connectivity index (χ0) is 10.2. The fourth-order valence-electron chi connectivity index (χ4n) is 1.33. The Morgan fingerprint density at radius 2 is 1.92 bits per heavy atom. The molecule has 0 radical (unpaired) electrons. The van der Waals surface area contributed by atoms with Gasteiger partial charge in [0.15, 0.2) is 5.78 Å². The zero-order valence-corrected chi connectivity index (χ0v) is 8.99. The van der Waals surface area contributed by atoms with Gasteiger partial charge in [0.25, 0.3) is 0 Å². The van der Waals surface area contributed by atoms with Crippen LogP contribution < -0.4 is 0 Å². The van der Waals surface area contributed by atoms with E-state index in [1.807, 2.05) is 13.0 Å². The maximum absolute atomic E-state index is 11.2. The zero-order valence-electron chi connectivity index (χ0n) is 8.99. The number of Topliss-reactive ketones (excluding diaryl/α,β-unsaturated/α-hetero) is 1. The molecule has 0 aliphatic carbocycles. The second kappa shape index (κ2) is 3.02. The summed E-state index contributed by atoms with van der Waals surface area (Å²) in [6, 6.07) is 1.96. The van der Waals surface area contributed by atoms with Gasteiger partial charge in [0.1, 0.15) is 0 Å². The lowest BCUT2D eigenvalue weighted by Crippen LogP contribution is -2.11. The van der Waals surface area contributed by atoms with Crippen LogP contribution in [0, 0.1) is 6.92 Å². The van der Waals surface area contributed by atoms with Crippen molar-refractivity contribution >= 4 is 5.78 Å². The van der Waals surface area contributed by atoms with E-state index in [2.05, 4.69) is 25.8 Å². The van der Waals surface area contributed by atoms with Crippen LogP contribution in [0.2, 0.25) is 0 Å². The topological polar surface area (TPSA) is 32.9 Å². The highest BCUT2D eigenvalue weighted by atomic mass is 16.1. The SMILES string of the molecule is CC(=O)c1cc(C(C)(C)C)[nH]c1C. The number of hydrogen-bond acceptors (Lipinski definition) is 1. The number of carbonyl (C=O) groups is 1. The van der Waals surface area contributed by atoms with Crippen molar-refractivity contribution in [2.24, 2.45) is 0 Å². The van der Waals surface area contributed by atoms with Gasteiger partial charge in [-0.15, -0.1) is 0 Å². The van der Waals surface area contributed by atoms with Crippen molar-refractivity contribution in [3.63, 3.8) is 0 Å². The Morgan fingerprint density at radius 1 is 1.38 bits per heavy atom. The number of aryl methyl sites for hydroxylation is 1. The molecule has 2 nitrogen and oxygen atoms in total. The van der Waals surface area contributed by atoms with Crippen LogP contribution in [0.15, 0.2) is 6.07 Å². The molecule has 0 fully saturated rings. The lowest BCUT2D eigenvalue weighted by molar-refractivity contribution is 0.101. The number of aromatic nitrogens is 1. The average Bonchev–Trinajstić information content (AvgIpc) is 2.29. The molecule has 0 bridgehead atoms. The number of hydrogen-bond donors (Lipinski definition) is 1. The van der Waals surface area contributed by atoms with Crippen LogP contribution in [0.3, 0.4) is 0 Å². The van der Waals surface area contributed by atoms with Crippen molar-refractivity contribution in [1.29, 1.82) is 0 Å². The van der Waals surface area contributed by atoms with Gasteiger partial charge < -0.3 is 4.98 Å². The Hall–Kier alpha value is -1.05. The van der Waals surface area contributed by atoms with E-state index in [0.717, 1.165) is 17.0 Å². The molecule has 1 N–H and O–H groups in total. The molecule has 72 valence electrons. The molecule has 0 aliphatic heterocycles. The van der Waals surface area contributed by atoms with Crippen molar-refractivity contribution in [1.82, 2.24) is 4.98 Å². The minimum atomic E-state index is 0.0818. The Kier molecular flexibility index (Phi) is 2.33. The van der Waals surface area contributed by atoms with Crippen molar-refractivity contribution in [3.05, 3.63) is 23.0 Å². The average molecular weight is 179 g/mol. The Labute approximate surface area is 79.4 Å². The lowest BCUT2D eigenvalue weighted by atomic mass is 9.92. The predicted octanol–water partition coefficient (Wildman–Crippen LogP) is 2.82. The summed E-state index contributed by atoms with van der Waals surface area (Å²) in [5, 5.41) is 0. The van der Waals surface area contributed by atoms with E-state index in [1.165, 1.54) is 0 Å². The smallest absolute Gasteiger partial charge is 0.161 e. The molecule has 2 heteroatoms. The van der Waals surface area contributed by atoms with Crippen LogP contribution in [0.25, 0.3) is 0 Å². The number of nitrogens with one attached hydrogen (secondary N) is 1. The summed E-state index contributed by atoms with van der Waals surface area (Å²) in [7, 11) is 0. The third-order valence-corrected chi connectivity index (χ3v) is 2.20. The molecule has 0 saturated heterocycles. The van der Waals surface area contributed by atoms with Gasteiger partial charge >= 0.3 is 0 Å². The van der Waals surface area contributed by atoms with Gasteiger partial charge in [0, 0.05) is 22.4 Å². The van der Waals surface area contributed by atoms with E-state index in [-0.39, 0.29) is 11.2 Å². The Morgan fingerprint density at radius 3 is 2.15 bits per heavy atom. The van der Waals surface area contributed by atoms with Crippen LogP contribution >= 0.6 is 0 Å². The van der Waals surface area contributed by atoms with Crippen LogP contribution in [-0.4, -0.2) is 10.8 Å². The number of H-pyrrole nitrogens is 1. The second-order valence-corrected chi connectivity index (χ2v) is 4.53. The van der Waals surface area contributed by atoms with Gasteiger partial charge in [0.05, 0.1) is 0 Å². The maximum atomic E-state index is 11.2. The first-order valence-corrected chi connectivity index (χ1v) is 4.53. The fourth-order valence-corrected chi connectivity index (χ4v) is 1.33. The first-order chi connectivity index (χ1) is 5.82. The van der Waals surface area contributed by atoms with Crippen molar-refractivity contribution < 1.29 is 4.79 Å². The summed E-state index contributed by atoms with van der Waals surface area (Å²) in [6.07, 6.45) is 0. The number of carbonyl (C=O) groups excluding carboxylic acids is 1. The molecule has 0 atom stereocenters. The first kappa shape index (κ1) is 10.0. The van der Waals surface area contributed by atoms with Gasteiger partial charge in [-0.05, 0) is 19.9 Å². The molecule has 1 rings (SSSR count).